The number of rotatable bonds is 7. The van der Waals surface area contributed by atoms with Crippen LogP contribution < -0.4 is 11.1 Å². The van der Waals surface area contributed by atoms with Crippen molar-refractivity contribution in [3.8, 4) is 0 Å². The van der Waals surface area contributed by atoms with E-state index >= 15 is 0 Å². The third-order valence-electron chi connectivity index (χ3n) is 6.52. The van der Waals surface area contributed by atoms with Crippen molar-refractivity contribution in [3.05, 3.63) is 76.0 Å². The highest BCUT2D eigenvalue weighted by Gasteiger charge is 2.35. The Morgan fingerprint density at radius 2 is 1.95 bits per heavy atom. The van der Waals surface area contributed by atoms with Crippen molar-refractivity contribution in [1.82, 2.24) is 10.2 Å². The Morgan fingerprint density at radius 3 is 2.56 bits per heavy atom. The molecule has 1 atom stereocenters. The van der Waals surface area contributed by atoms with Crippen LogP contribution in [0, 0.1) is 5.41 Å². The van der Waals surface area contributed by atoms with E-state index in [1.165, 1.54) is 0 Å². The molecule has 0 spiro atoms. The van der Waals surface area contributed by atoms with Crippen LogP contribution in [0.1, 0.15) is 50.7 Å². The summed E-state index contributed by atoms with van der Waals surface area (Å²) in [5, 5.41) is 22.5. The lowest BCUT2D eigenvalue weighted by atomic mass is 9.80. The molecule has 210 valence electrons. The number of hydrogen-bond donors (Lipinski definition) is 4. The normalized spacial score (nSPS) is 20.0. The van der Waals surface area contributed by atoms with E-state index in [2.05, 4.69) is 10.3 Å². The van der Waals surface area contributed by atoms with Crippen LogP contribution in [0.2, 0.25) is 5.02 Å². The third kappa shape index (κ3) is 8.31. The number of urea groups is 1. The number of benzene rings is 2. The van der Waals surface area contributed by atoms with Crippen molar-refractivity contribution in [1.29, 1.82) is 5.41 Å². The molecule has 5 N–H and O–H groups in total. The number of aliphatic imine (C=N–C) groups is 1. The summed E-state index contributed by atoms with van der Waals surface area (Å²) in [7, 11) is 0. The highest BCUT2D eigenvalue weighted by molar-refractivity contribution is 6.30. The van der Waals surface area contributed by atoms with Crippen LogP contribution in [-0.2, 0) is 6.42 Å². The van der Waals surface area contributed by atoms with Crippen molar-refractivity contribution in [2.75, 3.05) is 13.1 Å². The van der Waals surface area contributed by atoms with Gasteiger partial charge in [0.25, 0.3) is 0 Å². The maximum Gasteiger partial charge on any atom is 0.390 e. The average molecular weight is 564 g/mol. The Labute approximate surface area is 231 Å². The first-order chi connectivity index (χ1) is 18.3. The molecular weight excluding hydrogens is 531 g/mol. The minimum Gasteiger partial charge on any atom is -0.400 e. The Hall–Kier alpha value is -3.37. The molecule has 2 amide bonds. The molecule has 39 heavy (non-hydrogen) atoms. The fraction of sp³-hybridized carbons (Fsp3) is 0.393. The van der Waals surface area contributed by atoms with E-state index in [0.29, 0.717) is 46.8 Å². The number of amidine groups is 1. The summed E-state index contributed by atoms with van der Waals surface area (Å²) >= 11 is 6.08. The molecule has 1 aliphatic carbocycles. The van der Waals surface area contributed by atoms with Crippen molar-refractivity contribution >= 4 is 34.9 Å². The molecule has 0 radical (unpaired) electrons. The van der Waals surface area contributed by atoms with Gasteiger partial charge in [-0.15, -0.1) is 0 Å². The summed E-state index contributed by atoms with van der Waals surface area (Å²) in [5.74, 6) is -0.352. The summed E-state index contributed by atoms with van der Waals surface area (Å²) in [6, 6.07) is 12.7. The van der Waals surface area contributed by atoms with E-state index in [1.807, 2.05) is 6.92 Å². The SMILES string of the molecule is CCc1ccc(C(=N)N(CCC(F)(F)F)C(=O)NC/C(N)=C2\CCCC(C)(O)C2=Nc2cccc(Cl)c2)cc1. The van der Waals surface area contributed by atoms with Crippen LogP contribution in [-0.4, -0.2) is 52.5 Å². The van der Waals surface area contributed by atoms with Gasteiger partial charge in [0.05, 0.1) is 24.4 Å². The van der Waals surface area contributed by atoms with Gasteiger partial charge in [0.1, 0.15) is 11.4 Å². The quantitative estimate of drug-likeness (QED) is 0.240. The molecule has 2 aromatic carbocycles. The standard InChI is InChI=1S/C28H33ClF3N5O2/c1-3-18-9-11-19(12-10-18)25(34)37(15-14-28(30,31)32)26(38)35-17-23(33)22-8-5-13-27(2,39)24(22)36-21-7-4-6-20(29)16-21/h4,6-7,9-12,16,34,39H,3,5,8,13-15,17,33H2,1-2H3,(H,35,38)/b23-22-,34-25?,36-24?. The van der Waals surface area contributed by atoms with Crippen molar-refractivity contribution in [3.63, 3.8) is 0 Å². The second-order valence-electron chi connectivity index (χ2n) is 9.65. The molecule has 0 saturated heterocycles. The van der Waals surface area contributed by atoms with E-state index in [-0.39, 0.29) is 18.1 Å². The minimum atomic E-state index is -4.51. The van der Waals surface area contributed by atoms with Crippen LogP contribution in [0.25, 0.3) is 0 Å². The van der Waals surface area contributed by atoms with E-state index in [9.17, 15) is 23.1 Å². The lowest BCUT2D eigenvalue weighted by Gasteiger charge is -2.33. The van der Waals surface area contributed by atoms with Gasteiger partial charge in [-0.1, -0.05) is 48.9 Å². The Bertz CT molecular complexity index is 1260. The molecule has 11 heteroatoms. The van der Waals surface area contributed by atoms with Crippen LogP contribution in [0.3, 0.4) is 0 Å². The first-order valence-corrected chi connectivity index (χ1v) is 13.0. The fourth-order valence-electron chi connectivity index (χ4n) is 4.33. The lowest BCUT2D eigenvalue weighted by Crippen LogP contribution is -2.47. The lowest BCUT2D eigenvalue weighted by molar-refractivity contribution is -0.135. The van der Waals surface area contributed by atoms with Gasteiger partial charge < -0.3 is 16.2 Å². The molecule has 1 unspecified atom stereocenters. The molecule has 3 rings (SSSR count). The topological polar surface area (TPSA) is 115 Å². The molecule has 0 aliphatic heterocycles. The second kappa shape index (κ2) is 12.7. The average Bonchev–Trinajstić information content (AvgIpc) is 2.87. The predicted molar refractivity (Wildman–Crippen MR) is 148 cm³/mol. The zero-order valence-electron chi connectivity index (χ0n) is 21.9. The van der Waals surface area contributed by atoms with Crippen molar-refractivity contribution in [2.24, 2.45) is 10.7 Å². The summed E-state index contributed by atoms with van der Waals surface area (Å²) in [5.41, 5.74) is 8.02. The van der Waals surface area contributed by atoms with E-state index < -0.39 is 30.8 Å². The van der Waals surface area contributed by atoms with Gasteiger partial charge in [-0.25, -0.2) is 9.79 Å². The Kier molecular flexibility index (Phi) is 9.79. The molecule has 0 heterocycles. The number of nitrogens with two attached hydrogens (primary N) is 1. The van der Waals surface area contributed by atoms with E-state index in [4.69, 9.17) is 22.7 Å². The zero-order valence-corrected chi connectivity index (χ0v) is 22.7. The first kappa shape index (κ1) is 30.2. The Morgan fingerprint density at radius 1 is 1.26 bits per heavy atom. The zero-order chi connectivity index (χ0) is 28.8. The summed E-state index contributed by atoms with van der Waals surface area (Å²) in [6.45, 7) is 2.66. The molecule has 0 aromatic heterocycles. The predicted octanol–water partition coefficient (Wildman–Crippen LogP) is 6.11. The maximum absolute atomic E-state index is 13.1. The number of nitrogens with zero attached hydrogens (tertiary/aromatic N) is 2. The number of amides is 2. The van der Waals surface area contributed by atoms with Gasteiger partial charge in [0, 0.05) is 22.8 Å². The Balaban J connectivity index is 1.85. The molecule has 1 fully saturated rings. The molecular formula is C28H33ClF3N5O2. The van der Waals surface area contributed by atoms with Crippen LogP contribution >= 0.6 is 11.6 Å². The number of alkyl halides is 3. The summed E-state index contributed by atoms with van der Waals surface area (Å²) in [4.78, 5) is 18.4. The monoisotopic (exact) mass is 563 g/mol. The van der Waals surface area contributed by atoms with E-state index in [0.717, 1.165) is 16.9 Å². The number of carbonyl (C=O) groups excluding carboxylic acids is 1. The number of aliphatic hydroxyl groups is 1. The van der Waals surface area contributed by atoms with Gasteiger partial charge >= 0.3 is 12.2 Å². The van der Waals surface area contributed by atoms with Crippen molar-refractivity contribution < 1.29 is 23.1 Å². The number of hydrogen-bond acceptors (Lipinski definition) is 5. The highest BCUT2D eigenvalue weighted by Crippen LogP contribution is 2.33. The minimum absolute atomic E-state index is 0.205. The maximum atomic E-state index is 13.1. The van der Waals surface area contributed by atoms with Crippen molar-refractivity contribution in [2.45, 2.75) is 57.7 Å². The molecule has 2 aromatic rings. The van der Waals surface area contributed by atoms with Gasteiger partial charge in [0.2, 0.25) is 0 Å². The largest absolute Gasteiger partial charge is 0.400 e. The fourth-order valence-corrected chi connectivity index (χ4v) is 4.51. The molecule has 7 nitrogen and oxygen atoms in total. The van der Waals surface area contributed by atoms with Crippen LogP contribution in [0.15, 0.2) is 64.8 Å². The number of nitrogens with one attached hydrogen (secondary N) is 2. The van der Waals surface area contributed by atoms with Gasteiger partial charge in [-0.2, -0.15) is 13.2 Å². The first-order valence-electron chi connectivity index (χ1n) is 12.7. The smallest absolute Gasteiger partial charge is 0.390 e. The second-order valence-corrected chi connectivity index (χ2v) is 10.1. The number of aryl methyl sites for hydroxylation is 1. The highest BCUT2D eigenvalue weighted by atomic mass is 35.5. The van der Waals surface area contributed by atoms with Crippen LogP contribution in [0.5, 0.6) is 0 Å². The number of halogens is 4. The van der Waals surface area contributed by atoms with Crippen LogP contribution in [0.4, 0.5) is 23.7 Å². The molecule has 0 bridgehead atoms. The van der Waals surface area contributed by atoms with Gasteiger partial charge in [-0.05, 0) is 61.9 Å². The van der Waals surface area contributed by atoms with E-state index in [1.54, 1.807) is 55.5 Å². The van der Waals surface area contributed by atoms with Gasteiger partial charge in [-0.3, -0.25) is 10.3 Å². The van der Waals surface area contributed by atoms with Gasteiger partial charge in [0.15, 0.2) is 0 Å². The summed E-state index contributed by atoms with van der Waals surface area (Å²) in [6.07, 6.45) is -3.45. The molecule has 1 saturated carbocycles. The number of carbonyl (C=O) groups is 1. The third-order valence-corrected chi connectivity index (χ3v) is 6.76. The molecule has 1 aliphatic rings. The summed E-state index contributed by atoms with van der Waals surface area (Å²) < 4.78 is 39.1.